The summed E-state index contributed by atoms with van der Waals surface area (Å²) >= 11 is 5.76. The number of amides is 1. The Balaban J connectivity index is 1.52. The van der Waals surface area contributed by atoms with Crippen LogP contribution in [0.15, 0.2) is 48.8 Å². The molecule has 4 rings (SSSR count). The zero-order valence-corrected chi connectivity index (χ0v) is 17.4. The van der Waals surface area contributed by atoms with Gasteiger partial charge in [-0.15, -0.1) is 5.10 Å². The van der Waals surface area contributed by atoms with Crippen molar-refractivity contribution in [2.75, 3.05) is 14.1 Å². The van der Waals surface area contributed by atoms with Gasteiger partial charge in [-0.1, -0.05) is 12.1 Å². The van der Waals surface area contributed by atoms with Gasteiger partial charge in [0.05, 0.1) is 7.05 Å². The van der Waals surface area contributed by atoms with Crippen LogP contribution in [0.1, 0.15) is 34.8 Å². The lowest BCUT2D eigenvalue weighted by Crippen LogP contribution is -3.07. The maximum atomic E-state index is 11.7. The summed E-state index contributed by atoms with van der Waals surface area (Å²) in [6.45, 7) is 1.49. The van der Waals surface area contributed by atoms with E-state index in [0.717, 1.165) is 41.1 Å². The molecule has 1 aliphatic rings. The summed E-state index contributed by atoms with van der Waals surface area (Å²) in [6.07, 6.45) is 5.87. The Morgan fingerprint density at radius 2 is 1.90 bits per heavy atom. The van der Waals surface area contributed by atoms with Crippen LogP contribution in [0.3, 0.4) is 0 Å². The van der Waals surface area contributed by atoms with Crippen molar-refractivity contribution < 1.29 is 9.69 Å². The van der Waals surface area contributed by atoms with Gasteiger partial charge >= 0.3 is 0 Å². The van der Waals surface area contributed by atoms with E-state index in [1.165, 1.54) is 4.90 Å². The molecule has 2 aromatic heterocycles. The van der Waals surface area contributed by atoms with Crippen molar-refractivity contribution in [1.29, 1.82) is 0 Å². The first-order chi connectivity index (χ1) is 14.1. The molecule has 0 radical (unpaired) electrons. The molecule has 0 aliphatic heterocycles. The number of carbonyl (C=O) groups is 1. The molecule has 7 nitrogen and oxygen atoms in total. The van der Waals surface area contributed by atoms with E-state index in [-0.39, 0.29) is 5.91 Å². The van der Waals surface area contributed by atoms with Crippen molar-refractivity contribution in [1.82, 2.24) is 24.6 Å². The average Bonchev–Trinajstić information content (AvgIpc) is 3.53. The number of hydrogen-bond acceptors (Lipinski definition) is 4. The minimum atomic E-state index is -0.0715. The Morgan fingerprint density at radius 3 is 2.52 bits per heavy atom. The van der Waals surface area contributed by atoms with E-state index in [9.17, 15) is 4.79 Å². The number of aromatic nitrogens is 4. The van der Waals surface area contributed by atoms with Gasteiger partial charge in [0.2, 0.25) is 4.77 Å². The summed E-state index contributed by atoms with van der Waals surface area (Å²) in [5.74, 6) is 0.848. The summed E-state index contributed by atoms with van der Waals surface area (Å²) in [5, 5.41) is 7.49. The normalized spacial score (nSPS) is 14.6. The second-order valence-corrected chi connectivity index (χ2v) is 7.88. The molecule has 1 aliphatic carbocycles. The van der Waals surface area contributed by atoms with Crippen LogP contribution >= 0.6 is 12.2 Å². The van der Waals surface area contributed by atoms with E-state index in [1.807, 2.05) is 41.1 Å². The van der Waals surface area contributed by atoms with Crippen LogP contribution < -0.4 is 10.2 Å². The standard InChI is InChI=1S/C21H24N6OS/c1-22-20(28)17-5-3-15(4-6-17)13-25(2)14-26-21(29)27(18-7-8-18)19(24-26)16-9-11-23-12-10-16/h3-6,9-12,18H,7-8,13-14H2,1-2H3,(H,22,28)/p+1. The van der Waals surface area contributed by atoms with Gasteiger partial charge in [0.25, 0.3) is 5.91 Å². The summed E-state index contributed by atoms with van der Waals surface area (Å²) in [4.78, 5) is 17.1. The molecule has 3 aromatic rings. The van der Waals surface area contributed by atoms with Crippen LogP contribution in [0, 0.1) is 4.77 Å². The van der Waals surface area contributed by atoms with Crippen molar-refractivity contribution in [2.45, 2.75) is 32.1 Å². The van der Waals surface area contributed by atoms with Crippen LogP contribution in [0.5, 0.6) is 0 Å². The van der Waals surface area contributed by atoms with Crippen LogP contribution in [0.2, 0.25) is 0 Å². The second kappa shape index (κ2) is 8.26. The highest BCUT2D eigenvalue weighted by Crippen LogP contribution is 2.38. The molecule has 0 bridgehead atoms. The molecule has 29 heavy (non-hydrogen) atoms. The predicted molar refractivity (Wildman–Crippen MR) is 113 cm³/mol. The van der Waals surface area contributed by atoms with Crippen molar-refractivity contribution in [3.05, 3.63) is 64.7 Å². The average molecular weight is 410 g/mol. The van der Waals surface area contributed by atoms with Gasteiger partial charge in [0, 0.05) is 42.2 Å². The van der Waals surface area contributed by atoms with E-state index in [0.29, 0.717) is 18.3 Å². The Hall–Kier alpha value is -2.84. The molecule has 2 N–H and O–H groups in total. The lowest BCUT2D eigenvalue weighted by molar-refractivity contribution is -0.917. The molecule has 1 unspecified atom stereocenters. The molecule has 0 spiro atoms. The summed E-state index contributed by atoms with van der Waals surface area (Å²) in [5.41, 5.74) is 2.87. The Labute approximate surface area is 175 Å². The fourth-order valence-corrected chi connectivity index (χ4v) is 3.80. The molecule has 1 amide bonds. The van der Waals surface area contributed by atoms with Gasteiger partial charge < -0.3 is 10.2 Å². The van der Waals surface area contributed by atoms with Crippen molar-refractivity contribution >= 4 is 18.1 Å². The minimum Gasteiger partial charge on any atom is -0.355 e. The molecule has 0 saturated heterocycles. The number of nitrogens with zero attached hydrogens (tertiary/aromatic N) is 4. The van der Waals surface area contributed by atoms with Gasteiger partial charge in [-0.2, -0.15) is 4.68 Å². The van der Waals surface area contributed by atoms with Gasteiger partial charge in [-0.25, -0.2) is 0 Å². The van der Waals surface area contributed by atoms with Crippen molar-refractivity contribution in [3.63, 3.8) is 0 Å². The zero-order valence-electron chi connectivity index (χ0n) is 16.6. The summed E-state index contributed by atoms with van der Waals surface area (Å²) in [7, 11) is 3.76. The van der Waals surface area contributed by atoms with E-state index < -0.39 is 0 Å². The maximum absolute atomic E-state index is 11.7. The highest BCUT2D eigenvalue weighted by atomic mass is 32.1. The van der Waals surface area contributed by atoms with Gasteiger partial charge in [0.15, 0.2) is 12.5 Å². The molecule has 1 saturated carbocycles. The zero-order chi connectivity index (χ0) is 20.4. The molecular weight excluding hydrogens is 384 g/mol. The predicted octanol–water partition coefficient (Wildman–Crippen LogP) is 1.84. The largest absolute Gasteiger partial charge is 0.355 e. The Kier molecular flexibility index (Phi) is 5.55. The third kappa shape index (κ3) is 4.28. The number of pyridine rings is 1. The molecule has 8 heteroatoms. The Bertz CT molecular complexity index is 1050. The fraction of sp³-hybridized carbons (Fsp3) is 0.333. The third-order valence-electron chi connectivity index (χ3n) is 5.09. The quantitative estimate of drug-likeness (QED) is 0.585. The first-order valence-electron chi connectivity index (χ1n) is 9.79. The number of rotatable bonds is 7. The lowest BCUT2D eigenvalue weighted by Gasteiger charge is -2.14. The molecule has 2 heterocycles. The minimum absolute atomic E-state index is 0.0715. The maximum Gasteiger partial charge on any atom is 0.251 e. The van der Waals surface area contributed by atoms with Gasteiger partial charge in [0.1, 0.15) is 6.54 Å². The Morgan fingerprint density at radius 1 is 1.21 bits per heavy atom. The first kappa shape index (κ1) is 19.5. The van der Waals surface area contributed by atoms with Crippen molar-refractivity contribution in [2.24, 2.45) is 0 Å². The topological polar surface area (TPSA) is 69.2 Å². The van der Waals surface area contributed by atoms with E-state index >= 15 is 0 Å². The van der Waals surface area contributed by atoms with Crippen molar-refractivity contribution in [3.8, 4) is 11.4 Å². The molecular formula is C21H25N6OS+. The molecule has 1 aromatic carbocycles. The van der Waals surface area contributed by atoms with Crippen LogP contribution in [0.4, 0.5) is 0 Å². The SMILES string of the molecule is CNC(=O)c1ccc(C[NH+](C)Cn2nc(-c3ccncc3)n(C3CC3)c2=S)cc1. The number of benzene rings is 1. The van der Waals surface area contributed by atoms with E-state index in [4.69, 9.17) is 17.3 Å². The fourth-order valence-electron chi connectivity index (χ4n) is 3.46. The van der Waals surface area contributed by atoms with E-state index in [2.05, 4.69) is 21.9 Å². The third-order valence-corrected chi connectivity index (χ3v) is 5.50. The molecule has 150 valence electrons. The smallest absolute Gasteiger partial charge is 0.251 e. The molecule has 1 atom stereocenters. The number of hydrogen-bond donors (Lipinski definition) is 2. The number of carbonyl (C=O) groups excluding carboxylic acids is 1. The van der Waals surface area contributed by atoms with Crippen LogP contribution in [0.25, 0.3) is 11.4 Å². The highest BCUT2D eigenvalue weighted by Gasteiger charge is 2.29. The monoisotopic (exact) mass is 409 g/mol. The number of quaternary nitrogens is 1. The van der Waals surface area contributed by atoms with Gasteiger partial charge in [-0.05, 0) is 49.3 Å². The van der Waals surface area contributed by atoms with Gasteiger partial charge in [-0.3, -0.25) is 14.3 Å². The van der Waals surface area contributed by atoms with Crippen LogP contribution in [-0.2, 0) is 13.2 Å². The summed E-state index contributed by atoms with van der Waals surface area (Å²) in [6, 6.07) is 12.1. The highest BCUT2D eigenvalue weighted by molar-refractivity contribution is 7.71. The second-order valence-electron chi connectivity index (χ2n) is 7.51. The lowest BCUT2D eigenvalue weighted by atomic mass is 10.1. The number of nitrogens with one attached hydrogen (secondary N) is 2. The first-order valence-corrected chi connectivity index (χ1v) is 10.2. The van der Waals surface area contributed by atoms with Crippen LogP contribution in [-0.4, -0.2) is 39.3 Å². The summed E-state index contributed by atoms with van der Waals surface area (Å²) < 4.78 is 4.89. The molecule has 1 fully saturated rings. The van der Waals surface area contributed by atoms with E-state index in [1.54, 1.807) is 19.4 Å².